The third-order valence-electron chi connectivity index (χ3n) is 5.64. The predicted octanol–water partition coefficient (Wildman–Crippen LogP) is 2.88. The lowest BCUT2D eigenvalue weighted by Gasteiger charge is -2.50. The van der Waals surface area contributed by atoms with Crippen LogP contribution in [0.2, 0.25) is 0 Å². The van der Waals surface area contributed by atoms with Gasteiger partial charge in [0.2, 0.25) is 0 Å². The Labute approximate surface area is 139 Å². The molecule has 4 heteroatoms. The molecule has 0 bridgehead atoms. The molecule has 3 fully saturated rings. The van der Waals surface area contributed by atoms with E-state index in [1.54, 1.807) is 0 Å². The second-order valence-electron chi connectivity index (χ2n) is 7.64. The fraction of sp³-hybridized carbons (Fsp3) is 0.737. The van der Waals surface area contributed by atoms with Crippen LogP contribution in [0, 0.1) is 11.3 Å². The maximum absolute atomic E-state index is 6.14. The summed E-state index contributed by atoms with van der Waals surface area (Å²) in [4.78, 5) is 6.82. The lowest BCUT2D eigenvalue weighted by molar-refractivity contribution is -0.154. The number of likely N-dealkylation sites (tertiary alicyclic amines) is 1. The number of hydrogen-bond donors (Lipinski definition) is 0. The molecule has 0 N–H and O–H groups in total. The van der Waals surface area contributed by atoms with Crippen molar-refractivity contribution in [3.05, 3.63) is 30.1 Å². The molecular formula is C19H28N2O2. The molecule has 1 saturated carbocycles. The standard InChI is InChI=1S/C19H28N2O2/c1-3-17(11-20-8-1)12-21-9-6-18-19(14-21,7-2-10-23-18)15-22-13-16-4-5-16/h1,3,8,11,16,18H,2,4-7,9-10,12-15H2. The van der Waals surface area contributed by atoms with Gasteiger partial charge in [-0.05, 0) is 49.7 Å². The molecule has 2 aliphatic heterocycles. The van der Waals surface area contributed by atoms with Gasteiger partial charge in [0.1, 0.15) is 0 Å². The van der Waals surface area contributed by atoms with Gasteiger partial charge in [-0.2, -0.15) is 0 Å². The van der Waals surface area contributed by atoms with Gasteiger partial charge in [-0.3, -0.25) is 9.88 Å². The van der Waals surface area contributed by atoms with E-state index in [4.69, 9.17) is 9.47 Å². The van der Waals surface area contributed by atoms with Crippen molar-refractivity contribution in [1.82, 2.24) is 9.88 Å². The summed E-state index contributed by atoms with van der Waals surface area (Å²) in [6.07, 6.45) is 10.5. The molecule has 2 saturated heterocycles. The van der Waals surface area contributed by atoms with Gasteiger partial charge >= 0.3 is 0 Å². The summed E-state index contributed by atoms with van der Waals surface area (Å²) in [6.45, 7) is 5.96. The van der Waals surface area contributed by atoms with Crippen LogP contribution in [0.3, 0.4) is 0 Å². The second kappa shape index (κ2) is 6.88. The fourth-order valence-electron chi connectivity index (χ4n) is 4.19. The molecule has 0 amide bonds. The minimum absolute atomic E-state index is 0.202. The SMILES string of the molecule is c1cncc(CN2CCC3OCCCC3(COCC3CC3)C2)c1. The monoisotopic (exact) mass is 316 g/mol. The van der Waals surface area contributed by atoms with Crippen molar-refractivity contribution in [2.45, 2.75) is 44.8 Å². The Morgan fingerprint density at radius 1 is 1.35 bits per heavy atom. The summed E-state index contributed by atoms with van der Waals surface area (Å²) in [5.41, 5.74) is 1.50. The average Bonchev–Trinajstić information content (AvgIpc) is 3.40. The minimum Gasteiger partial charge on any atom is -0.380 e. The third kappa shape index (κ3) is 3.76. The van der Waals surface area contributed by atoms with Gasteiger partial charge in [-0.15, -0.1) is 0 Å². The highest BCUT2D eigenvalue weighted by Gasteiger charge is 2.46. The van der Waals surface area contributed by atoms with Gasteiger partial charge in [0.15, 0.2) is 0 Å². The first-order valence-corrected chi connectivity index (χ1v) is 9.15. The van der Waals surface area contributed by atoms with E-state index in [0.29, 0.717) is 6.10 Å². The highest BCUT2D eigenvalue weighted by atomic mass is 16.5. The van der Waals surface area contributed by atoms with Crippen LogP contribution in [0.15, 0.2) is 24.5 Å². The summed E-state index contributed by atoms with van der Waals surface area (Å²) in [5.74, 6) is 0.837. The van der Waals surface area contributed by atoms with Crippen molar-refractivity contribution in [2.24, 2.45) is 11.3 Å². The summed E-state index contributed by atoms with van der Waals surface area (Å²) >= 11 is 0. The number of fused-ring (bicyclic) bond motifs is 1. The Kier molecular flexibility index (Phi) is 4.65. The maximum Gasteiger partial charge on any atom is 0.0677 e. The van der Waals surface area contributed by atoms with Gasteiger partial charge in [-0.1, -0.05) is 6.07 Å². The topological polar surface area (TPSA) is 34.6 Å². The van der Waals surface area contributed by atoms with Gasteiger partial charge in [0.05, 0.1) is 12.7 Å². The van der Waals surface area contributed by atoms with Gasteiger partial charge < -0.3 is 9.47 Å². The van der Waals surface area contributed by atoms with Crippen molar-refractivity contribution in [3.63, 3.8) is 0 Å². The summed E-state index contributed by atoms with van der Waals surface area (Å²) in [7, 11) is 0. The normalized spacial score (nSPS) is 31.7. The Bertz CT molecular complexity index is 505. The Hall–Kier alpha value is -0.970. The zero-order valence-electron chi connectivity index (χ0n) is 14.0. The maximum atomic E-state index is 6.14. The minimum atomic E-state index is 0.202. The first-order chi connectivity index (χ1) is 11.3. The van der Waals surface area contributed by atoms with Crippen LogP contribution in [0.1, 0.15) is 37.7 Å². The first kappa shape index (κ1) is 15.6. The van der Waals surface area contributed by atoms with Gasteiger partial charge in [0.25, 0.3) is 0 Å². The number of nitrogens with zero attached hydrogens (tertiary/aromatic N) is 2. The molecule has 126 valence electrons. The molecule has 1 aromatic rings. The van der Waals surface area contributed by atoms with Crippen LogP contribution in [0.4, 0.5) is 0 Å². The smallest absolute Gasteiger partial charge is 0.0677 e. The van der Waals surface area contributed by atoms with E-state index in [1.165, 1.54) is 31.2 Å². The van der Waals surface area contributed by atoms with E-state index in [2.05, 4.69) is 16.0 Å². The molecule has 4 rings (SSSR count). The molecule has 2 atom stereocenters. The van der Waals surface area contributed by atoms with Crippen molar-refractivity contribution < 1.29 is 9.47 Å². The third-order valence-corrected chi connectivity index (χ3v) is 5.64. The Morgan fingerprint density at radius 3 is 3.13 bits per heavy atom. The zero-order valence-corrected chi connectivity index (χ0v) is 14.0. The highest BCUT2D eigenvalue weighted by molar-refractivity contribution is 5.09. The molecule has 4 nitrogen and oxygen atoms in total. The summed E-state index contributed by atoms with van der Waals surface area (Å²) in [6, 6.07) is 4.20. The van der Waals surface area contributed by atoms with Crippen LogP contribution in [0.5, 0.6) is 0 Å². The molecule has 0 radical (unpaired) electrons. The molecule has 1 aliphatic carbocycles. The molecule has 23 heavy (non-hydrogen) atoms. The van der Waals surface area contributed by atoms with Crippen molar-refractivity contribution in [2.75, 3.05) is 32.9 Å². The van der Waals surface area contributed by atoms with E-state index in [-0.39, 0.29) is 5.41 Å². The van der Waals surface area contributed by atoms with Crippen LogP contribution in [-0.4, -0.2) is 48.9 Å². The van der Waals surface area contributed by atoms with Crippen molar-refractivity contribution in [3.8, 4) is 0 Å². The predicted molar refractivity (Wildman–Crippen MR) is 89.1 cm³/mol. The largest absolute Gasteiger partial charge is 0.380 e. The number of aromatic nitrogens is 1. The lowest BCUT2D eigenvalue weighted by Crippen LogP contribution is -2.56. The highest BCUT2D eigenvalue weighted by Crippen LogP contribution is 2.41. The van der Waals surface area contributed by atoms with E-state index >= 15 is 0 Å². The van der Waals surface area contributed by atoms with Gasteiger partial charge in [0, 0.05) is 50.7 Å². The molecule has 3 aliphatic rings. The lowest BCUT2D eigenvalue weighted by atomic mass is 9.73. The number of ether oxygens (including phenoxy) is 2. The average molecular weight is 316 g/mol. The number of hydrogen-bond acceptors (Lipinski definition) is 4. The number of piperidine rings is 1. The fourth-order valence-corrected chi connectivity index (χ4v) is 4.19. The Balaban J connectivity index is 1.41. The molecule has 2 unspecified atom stereocenters. The van der Waals surface area contributed by atoms with E-state index in [0.717, 1.165) is 51.8 Å². The van der Waals surface area contributed by atoms with Crippen LogP contribution >= 0.6 is 0 Å². The van der Waals surface area contributed by atoms with E-state index in [1.807, 2.05) is 18.5 Å². The molecule has 3 heterocycles. The summed E-state index contributed by atoms with van der Waals surface area (Å²) < 4.78 is 12.3. The van der Waals surface area contributed by atoms with Crippen LogP contribution in [-0.2, 0) is 16.0 Å². The van der Waals surface area contributed by atoms with Gasteiger partial charge in [-0.25, -0.2) is 0 Å². The molecule has 0 spiro atoms. The Morgan fingerprint density at radius 2 is 2.30 bits per heavy atom. The van der Waals surface area contributed by atoms with E-state index in [9.17, 15) is 0 Å². The van der Waals surface area contributed by atoms with Crippen molar-refractivity contribution >= 4 is 0 Å². The van der Waals surface area contributed by atoms with Crippen molar-refractivity contribution in [1.29, 1.82) is 0 Å². The first-order valence-electron chi connectivity index (χ1n) is 9.15. The number of pyridine rings is 1. The summed E-state index contributed by atoms with van der Waals surface area (Å²) in [5, 5.41) is 0. The van der Waals surface area contributed by atoms with Crippen LogP contribution in [0.25, 0.3) is 0 Å². The molecule has 1 aromatic heterocycles. The van der Waals surface area contributed by atoms with Crippen LogP contribution < -0.4 is 0 Å². The van der Waals surface area contributed by atoms with E-state index < -0.39 is 0 Å². The quantitative estimate of drug-likeness (QED) is 0.808. The molecular weight excluding hydrogens is 288 g/mol. The number of rotatable bonds is 6. The second-order valence-corrected chi connectivity index (χ2v) is 7.64. The molecule has 0 aromatic carbocycles. The zero-order chi connectivity index (χ0) is 15.5.